The Balaban J connectivity index is 2.40. The Morgan fingerprint density at radius 1 is 1.53 bits per heavy atom. The second-order valence-corrected chi connectivity index (χ2v) is 5.40. The second-order valence-electron chi connectivity index (χ2n) is 5.40. The first-order valence-electron chi connectivity index (χ1n) is 6.84. The van der Waals surface area contributed by atoms with E-state index in [0.29, 0.717) is 18.8 Å². The Bertz CT molecular complexity index is 476. The number of carbonyl (C=O) groups is 1. The van der Waals surface area contributed by atoms with E-state index >= 15 is 0 Å². The molecule has 5 heteroatoms. The fraction of sp³-hybridized carbons (Fsp3) is 0.643. The number of aliphatic carboxylic acids is 1. The van der Waals surface area contributed by atoms with Gasteiger partial charge in [0.2, 0.25) is 0 Å². The molecule has 1 aromatic rings. The van der Waals surface area contributed by atoms with E-state index in [2.05, 4.69) is 23.8 Å². The summed E-state index contributed by atoms with van der Waals surface area (Å²) in [5, 5.41) is 9.59. The van der Waals surface area contributed by atoms with Crippen LogP contribution in [-0.2, 0) is 4.79 Å². The van der Waals surface area contributed by atoms with E-state index in [4.69, 9.17) is 0 Å². The zero-order chi connectivity index (χ0) is 14.0. The third-order valence-corrected chi connectivity index (χ3v) is 4.01. The van der Waals surface area contributed by atoms with Crippen LogP contribution in [0.4, 0.5) is 5.82 Å². The highest BCUT2D eigenvalue weighted by molar-refractivity contribution is 5.84. The maximum absolute atomic E-state index is 11.7. The molecular weight excluding hydrogens is 242 g/mol. The van der Waals surface area contributed by atoms with Crippen LogP contribution in [0, 0.1) is 0 Å². The van der Waals surface area contributed by atoms with Crippen molar-refractivity contribution in [2.24, 2.45) is 0 Å². The molecule has 2 rings (SSSR count). The van der Waals surface area contributed by atoms with Crippen molar-refractivity contribution >= 4 is 11.8 Å². The molecule has 0 amide bonds. The molecule has 1 atom stereocenters. The summed E-state index contributed by atoms with van der Waals surface area (Å²) in [5.74, 6) is 0.294. The van der Waals surface area contributed by atoms with Gasteiger partial charge < -0.3 is 10.0 Å². The maximum atomic E-state index is 11.7. The van der Waals surface area contributed by atoms with E-state index in [0.717, 1.165) is 24.5 Å². The van der Waals surface area contributed by atoms with Gasteiger partial charge in [-0.15, -0.1) is 0 Å². The minimum atomic E-state index is -0.803. The molecule has 1 unspecified atom stereocenters. The van der Waals surface area contributed by atoms with Crippen molar-refractivity contribution in [3.8, 4) is 0 Å². The van der Waals surface area contributed by atoms with E-state index < -0.39 is 11.5 Å². The lowest BCUT2D eigenvalue weighted by Gasteiger charge is -2.34. The topological polar surface area (TPSA) is 66.3 Å². The molecule has 19 heavy (non-hydrogen) atoms. The van der Waals surface area contributed by atoms with Crippen LogP contribution in [0.3, 0.4) is 0 Å². The van der Waals surface area contributed by atoms with Gasteiger partial charge >= 0.3 is 5.97 Å². The molecule has 1 aliphatic heterocycles. The van der Waals surface area contributed by atoms with Gasteiger partial charge in [-0.25, -0.2) is 14.8 Å². The fourth-order valence-corrected chi connectivity index (χ4v) is 2.78. The normalized spacial score (nSPS) is 23.1. The van der Waals surface area contributed by atoms with Gasteiger partial charge in [0, 0.05) is 18.3 Å². The molecule has 1 aromatic heterocycles. The molecule has 2 heterocycles. The van der Waals surface area contributed by atoms with Crippen LogP contribution in [0.15, 0.2) is 12.4 Å². The zero-order valence-electron chi connectivity index (χ0n) is 11.8. The molecule has 0 aromatic carbocycles. The third-order valence-electron chi connectivity index (χ3n) is 4.01. The van der Waals surface area contributed by atoms with E-state index in [9.17, 15) is 9.90 Å². The first kappa shape index (κ1) is 13.8. The zero-order valence-corrected chi connectivity index (χ0v) is 11.8. The van der Waals surface area contributed by atoms with Gasteiger partial charge in [0.15, 0.2) is 0 Å². The summed E-state index contributed by atoms with van der Waals surface area (Å²) in [5.41, 5.74) is 0.148. The Hall–Kier alpha value is -1.65. The summed E-state index contributed by atoms with van der Waals surface area (Å²) in [6.07, 6.45) is 3.69. The van der Waals surface area contributed by atoms with Gasteiger partial charge in [0.1, 0.15) is 17.7 Å². The minimum Gasteiger partial charge on any atom is -0.479 e. The van der Waals surface area contributed by atoms with Gasteiger partial charge in [-0.3, -0.25) is 0 Å². The van der Waals surface area contributed by atoms with Crippen molar-refractivity contribution in [3.05, 3.63) is 18.1 Å². The second kappa shape index (κ2) is 5.15. The lowest BCUT2D eigenvalue weighted by Crippen LogP contribution is -2.50. The van der Waals surface area contributed by atoms with Gasteiger partial charge in [0.05, 0.1) is 0 Å². The lowest BCUT2D eigenvalue weighted by atomic mass is 9.93. The molecule has 0 aliphatic carbocycles. The van der Waals surface area contributed by atoms with Crippen LogP contribution in [-0.4, -0.2) is 33.1 Å². The van der Waals surface area contributed by atoms with Crippen molar-refractivity contribution in [2.45, 2.75) is 51.5 Å². The highest BCUT2D eigenvalue weighted by atomic mass is 16.4. The molecule has 1 N–H and O–H groups in total. The van der Waals surface area contributed by atoms with E-state index in [1.54, 1.807) is 0 Å². The van der Waals surface area contributed by atoms with Crippen LogP contribution in [0.25, 0.3) is 0 Å². The number of hydrogen-bond acceptors (Lipinski definition) is 4. The summed E-state index contributed by atoms with van der Waals surface area (Å²) in [6.45, 7) is 6.81. The average molecular weight is 263 g/mol. The molecule has 0 spiro atoms. The first-order chi connectivity index (χ1) is 9.01. The summed E-state index contributed by atoms with van der Waals surface area (Å²) in [4.78, 5) is 22.1. The van der Waals surface area contributed by atoms with Gasteiger partial charge in [-0.2, -0.15) is 0 Å². The number of hydrogen-bond donors (Lipinski definition) is 1. The van der Waals surface area contributed by atoms with E-state index in [-0.39, 0.29) is 0 Å². The molecule has 0 saturated carbocycles. The predicted octanol–water partition coefficient (Wildman–Crippen LogP) is 2.43. The minimum absolute atomic E-state index is 0.310. The highest BCUT2D eigenvalue weighted by Crippen LogP contribution is 2.36. The Kier molecular flexibility index (Phi) is 3.73. The summed E-state index contributed by atoms with van der Waals surface area (Å²) in [6, 6.07) is 1.92. The van der Waals surface area contributed by atoms with Crippen molar-refractivity contribution in [1.82, 2.24) is 9.97 Å². The monoisotopic (exact) mass is 263 g/mol. The maximum Gasteiger partial charge on any atom is 0.329 e. The smallest absolute Gasteiger partial charge is 0.329 e. The first-order valence-corrected chi connectivity index (χ1v) is 6.84. The summed E-state index contributed by atoms with van der Waals surface area (Å²) < 4.78 is 0. The molecule has 5 nitrogen and oxygen atoms in total. The van der Waals surface area contributed by atoms with Crippen LogP contribution >= 0.6 is 0 Å². The Labute approximate surface area is 113 Å². The molecule has 1 aliphatic rings. The molecule has 104 valence electrons. The average Bonchev–Trinajstić information content (AvgIpc) is 2.83. The number of anilines is 1. The number of rotatable bonds is 4. The van der Waals surface area contributed by atoms with E-state index in [1.165, 1.54) is 6.33 Å². The number of carboxylic acid groups (broad SMARTS) is 1. The SMILES string of the molecule is CCC1(C(=O)O)CCCN1c1cc(C(C)C)ncn1. The standard InChI is InChI=1S/C14H21N3O2/c1-4-14(13(18)19)6-5-7-17(14)12-8-11(10(2)3)15-9-16-12/h8-10H,4-7H2,1-3H3,(H,18,19). The molecule has 1 fully saturated rings. The lowest BCUT2D eigenvalue weighted by molar-refractivity contribution is -0.143. The van der Waals surface area contributed by atoms with Crippen LogP contribution < -0.4 is 4.90 Å². The number of carboxylic acids is 1. The van der Waals surface area contributed by atoms with Gasteiger partial charge in [-0.1, -0.05) is 20.8 Å². The highest BCUT2D eigenvalue weighted by Gasteiger charge is 2.46. The molecule has 1 saturated heterocycles. The summed E-state index contributed by atoms with van der Waals surface area (Å²) in [7, 11) is 0. The number of nitrogens with zero attached hydrogens (tertiary/aromatic N) is 3. The van der Waals surface area contributed by atoms with Crippen molar-refractivity contribution in [2.75, 3.05) is 11.4 Å². The molecule has 0 bridgehead atoms. The van der Waals surface area contributed by atoms with Crippen LogP contribution in [0.2, 0.25) is 0 Å². The third kappa shape index (κ3) is 2.29. The molecular formula is C14H21N3O2. The largest absolute Gasteiger partial charge is 0.479 e. The molecule has 0 radical (unpaired) electrons. The predicted molar refractivity (Wildman–Crippen MR) is 73.4 cm³/mol. The van der Waals surface area contributed by atoms with Crippen molar-refractivity contribution in [1.29, 1.82) is 0 Å². The van der Waals surface area contributed by atoms with Gasteiger partial charge in [0.25, 0.3) is 0 Å². The van der Waals surface area contributed by atoms with Crippen LogP contribution in [0.5, 0.6) is 0 Å². The Morgan fingerprint density at radius 2 is 2.26 bits per heavy atom. The van der Waals surface area contributed by atoms with Crippen molar-refractivity contribution < 1.29 is 9.90 Å². The van der Waals surface area contributed by atoms with Crippen molar-refractivity contribution in [3.63, 3.8) is 0 Å². The van der Waals surface area contributed by atoms with Gasteiger partial charge in [-0.05, 0) is 25.2 Å². The van der Waals surface area contributed by atoms with E-state index in [1.807, 2.05) is 17.9 Å². The summed E-state index contributed by atoms with van der Waals surface area (Å²) >= 11 is 0. The van der Waals surface area contributed by atoms with Crippen LogP contribution in [0.1, 0.15) is 51.6 Å². The Morgan fingerprint density at radius 3 is 2.84 bits per heavy atom. The quantitative estimate of drug-likeness (QED) is 0.903. The number of aromatic nitrogens is 2. The fourth-order valence-electron chi connectivity index (χ4n) is 2.78.